The Labute approximate surface area is 269 Å². The van der Waals surface area contributed by atoms with Crippen molar-refractivity contribution in [2.24, 2.45) is 0 Å². The van der Waals surface area contributed by atoms with E-state index >= 15 is 13.2 Å². The molecule has 0 amide bonds. The number of hydrogen-bond donors (Lipinski definition) is 1. The number of sulfonamides is 1. The van der Waals surface area contributed by atoms with Crippen LogP contribution in [0.1, 0.15) is 47.9 Å². The molecule has 1 N–H and O–H groups in total. The number of alkyl halides is 4. The van der Waals surface area contributed by atoms with E-state index in [4.69, 9.17) is 16.3 Å². The second-order valence-electron chi connectivity index (χ2n) is 10.9. The Morgan fingerprint density at radius 2 is 1.42 bits per heavy atom. The average molecular weight is 659 g/mol. The first-order chi connectivity index (χ1) is 21.4. The molecule has 0 fully saturated rings. The van der Waals surface area contributed by atoms with Crippen molar-refractivity contribution in [3.8, 4) is 5.75 Å². The van der Waals surface area contributed by atoms with Crippen molar-refractivity contribution in [3.63, 3.8) is 0 Å². The number of nitrogens with zero attached hydrogens (tertiary/aromatic N) is 1. The van der Waals surface area contributed by atoms with Crippen LogP contribution in [0, 0.1) is 6.92 Å². The zero-order valence-corrected chi connectivity index (χ0v) is 26.9. The largest absolute Gasteiger partial charge is 0.493 e. The summed E-state index contributed by atoms with van der Waals surface area (Å²) in [6.45, 7) is 3.60. The SMILES string of the molecule is CCCS(=O)(=O)Nc1cc(OCCCN(CC(c2ccccc2)c2ccccc2)C(Cl)(c2ccccc2)C(F)(F)F)ccc1C. The summed E-state index contributed by atoms with van der Waals surface area (Å²) in [6.07, 6.45) is -4.12. The standard InChI is InChI=1S/C35H38ClF3N2O3S/c1-3-24-45(42,43)40-33-25-31(21-20-27(33)2)44-23-13-22-41(34(36,35(37,38)39)30-18-11-6-12-19-30)26-32(28-14-7-4-8-15-28)29-16-9-5-10-17-29/h4-12,14-21,25,32,40H,3,13,22-24,26H2,1-2H3. The Morgan fingerprint density at radius 3 is 1.96 bits per heavy atom. The summed E-state index contributed by atoms with van der Waals surface area (Å²) in [5, 5.41) is 0. The third-order valence-electron chi connectivity index (χ3n) is 7.56. The van der Waals surface area contributed by atoms with Gasteiger partial charge in [0.15, 0.2) is 0 Å². The topological polar surface area (TPSA) is 58.6 Å². The number of halogens is 4. The van der Waals surface area contributed by atoms with Crippen molar-refractivity contribution < 1.29 is 26.3 Å². The fourth-order valence-corrected chi connectivity index (χ4v) is 6.76. The predicted molar refractivity (Wildman–Crippen MR) is 175 cm³/mol. The monoisotopic (exact) mass is 658 g/mol. The average Bonchev–Trinajstić information content (AvgIpc) is 3.02. The fraction of sp³-hybridized carbons (Fsp3) is 0.314. The molecule has 0 saturated heterocycles. The first kappa shape index (κ1) is 34.3. The lowest BCUT2D eigenvalue weighted by molar-refractivity contribution is -0.206. The molecule has 0 aromatic heterocycles. The Bertz CT molecular complexity index is 1570. The molecule has 0 aliphatic rings. The summed E-state index contributed by atoms with van der Waals surface area (Å²) < 4.78 is 78.4. The highest BCUT2D eigenvalue weighted by Crippen LogP contribution is 2.48. The van der Waals surface area contributed by atoms with Crippen molar-refractivity contribution >= 4 is 27.3 Å². The lowest BCUT2D eigenvalue weighted by Crippen LogP contribution is -2.54. The Kier molecular flexibility index (Phi) is 11.6. The minimum Gasteiger partial charge on any atom is -0.493 e. The molecule has 0 aliphatic heterocycles. The van der Waals surface area contributed by atoms with Gasteiger partial charge in [-0.05, 0) is 48.1 Å². The molecule has 240 valence electrons. The molecule has 5 nitrogen and oxygen atoms in total. The molecule has 1 atom stereocenters. The third-order valence-corrected chi connectivity index (χ3v) is 9.71. The highest BCUT2D eigenvalue weighted by atomic mass is 35.5. The molecule has 45 heavy (non-hydrogen) atoms. The van der Waals surface area contributed by atoms with Gasteiger partial charge in [0.05, 0.1) is 18.0 Å². The first-order valence-corrected chi connectivity index (χ1v) is 16.9. The summed E-state index contributed by atoms with van der Waals surface area (Å²) in [7, 11) is -3.51. The smallest absolute Gasteiger partial charge is 0.425 e. The molecule has 0 heterocycles. The van der Waals surface area contributed by atoms with E-state index in [2.05, 4.69) is 4.72 Å². The van der Waals surface area contributed by atoms with E-state index in [9.17, 15) is 8.42 Å². The number of rotatable bonds is 15. The van der Waals surface area contributed by atoms with E-state index in [0.29, 0.717) is 17.9 Å². The van der Waals surface area contributed by atoms with Crippen LogP contribution in [0.25, 0.3) is 0 Å². The van der Waals surface area contributed by atoms with Crippen molar-refractivity contribution in [2.75, 3.05) is 30.2 Å². The zero-order chi connectivity index (χ0) is 32.5. The highest BCUT2D eigenvalue weighted by Gasteiger charge is 2.59. The molecule has 0 bridgehead atoms. The van der Waals surface area contributed by atoms with Gasteiger partial charge in [-0.1, -0.05) is 116 Å². The molecule has 0 spiro atoms. The van der Waals surface area contributed by atoms with Gasteiger partial charge in [0, 0.05) is 25.1 Å². The number of anilines is 1. The lowest BCUT2D eigenvalue weighted by Gasteiger charge is -2.42. The van der Waals surface area contributed by atoms with Crippen LogP contribution in [0.4, 0.5) is 18.9 Å². The van der Waals surface area contributed by atoms with E-state index in [1.807, 2.05) is 60.7 Å². The molecule has 4 aromatic rings. The van der Waals surface area contributed by atoms with Gasteiger partial charge in [0.2, 0.25) is 15.0 Å². The summed E-state index contributed by atoms with van der Waals surface area (Å²) in [4.78, 5) is -1.51. The summed E-state index contributed by atoms with van der Waals surface area (Å²) in [5.74, 6) is -0.00156. The normalized spacial score (nSPS) is 13.5. The summed E-state index contributed by atoms with van der Waals surface area (Å²) in [5.41, 5.74) is 2.80. The van der Waals surface area contributed by atoms with Crippen LogP contribution in [-0.2, 0) is 15.0 Å². The molecule has 1 unspecified atom stereocenters. The molecular formula is C35H38ClF3N2O3S. The van der Waals surface area contributed by atoms with Gasteiger partial charge in [-0.2, -0.15) is 13.2 Å². The molecule has 0 radical (unpaired) electrons. The van der Waals surface area contributed by atoms with Crippen LogP contribution in [0.15, 0.2) is 109 Å². The zero-order valence-electron chi connectivity index (χ0n) is 25.3. The molecule has 4 rings (SSSR count). The van der Waals surface area contributed by atoms with E-state index in [0.717, 1.165) is 16.7 Å². The van der Waals surface area contributed by atoms with Crippen LogP contribution in [0.2, 0.25) is 0 Å². The van der Waals surface area contributed by atoms with Crippen molar-refractivity contribution in [1.82, 2.24) is 4.90 Å². The maximum atomic E-state index is 15.1. The van der Waals surface area contributed by atoms with Crippen LogP contribution in [0.3, 0.4) is 0 Å². The highest BCUT2D eigenvalue weighted by molar-refractivity contribution is 7.92. The molecule has 0 aliphatic carbocycles. The lowest BCUT2D eigenvalue weighted by atomic mass is 9.89. The van der Waals surface area contributed by atoms with Crippen LogP contribution in [-0.4, -0.2) is 44.9 Å². The number of nitrogens with one attached hydrogen (secondary N) is 1. The van der Waals surface area contributed by atoms with Crippen molar-refractivity contribution in [2.45, 2.75) is 43.8 Å². The van der Waals surface area contributed by atoms with Gasteiger partial charge in [0.1, 0.15) is 5.75 Å². The summed E-state index contributed by atoms with van der Waals surface area (Å²) >= 11 is 6.74. The maximum Gasteiger partial charge on any atom is 0.425 e. The Morgan fingerprint density at radius 1 is 0.867 bits per heavy atom. The Balaban J connectivity index is 1.62. The number of aryl methyl sites for hydroxylation is 1. The van der Waals surface area contributed by atoms with E-state index in [1.165, 1.54) is 17.0 Å². The second-order valence-corrected chi connectivity index (χ2v) is 13.3. The van der Waals surface area contributed by atoms with Crippen molar-refractivity contribution in [1.29, 1.82) is 0 Å². The van der Waals surface area contributed by atoms with Gasteiger partial charge < -0.3 is 4.74 Å². The van der Waals surface area contributed by atoms with E-state index in [-0.39, 0.29) is 37.4 Å². The van der Waals surface area contributed by atoms with Gasteiger partial charge in [0.25, 0.3) is 0 Å². The fourth-order valence-electron chi connectivity index (χ4n) is 5.28. The molecule has 4 aromatic carbocycles. The Hall–Kier alpha value is -3.53. The number of hydrogen-bond acceptors (Lipinski definition) is 4. The third kappa shape index (κ3) is 8.81. The van der Waals surface area contributed by atoms with E-state index < -0.39 is 27.1 Å². The van der Waals surface area contributed by atoms with Gasteiger partial charge in [-0.15, -0.1) is 0 Å². The molecular weight excluding hydrogens is 621 g/mol. The quantitative estimate of drug-likeness (QED) is 0.0789. The number of ether oxygens (including phenoxy) is 1. The first-order valence-electron chi connectivity index (χ1n) is 14.8. The maximum absolute atomic E-state index is 15.1. The minimum atomic E-state index is -4.81. The van der Waals surface area contributed by atoms with Gasteiger partial charge in [-0.25, -0.2) is 8.42 Å². The predicted octanol–water partition coefficient (Wildman–Crippen LogP) is 8.70. The number of benzene rings is 4. The van der Waals surface area contributed by atoms with Gasteiger partial charge >= 0.3 is 6.18 Å². The van der Waals surface area contributed by atoms with Crippen LogP contribution in [0.5, 0.6) is 5.75 Å². The van der Waals surface area contributed by atoms with Gasteiger partial charge in [-0.3, -0.25) is 9.62 Å². The minimum absolute atomic E-state index is 0.0128. The summed E-state index contributed by atoms with van der Waals surface area (Å²) in [6, 6.07) is 31.5. The van der Waals surface area contributed by atoms with E-state index in [1.54, 1.807) is 50.2 Å². The van der Waals surface area contributed by atoms with Crippen LogP contribution < -0.4 is 9.46 Å². The van der Waals surface area contributed by atoms with Crippen molar-refractivity contribution in [3.05, 3.63) is 131 Å². The molecule has 0 saturated carbocycles. The molecule has 10 heteroatoms. The second kappa shape index (κ2) is 15.2. The van der Waals surface area contributed by atoms with Crippen LogP contribution >= 0.6 is 11.6 Å².